The molecule has 116 valence electrons. The number of amides is 1. The minimum atomic E-state index is -4.11. The van der Waals surface area contributed by atoms with E-state index in [9.17, 15) is 17.6 Å². The van der Waals surface area contributed by atoms with Gasteiger partial charge in [-0.3, -0.25) is 4.79 Å². The molecule has 0 N–H and O–H groups in total. The number of hydrogen-bond acceptors (Lipinski definition) is 3. The Morgan fingerprint density at radius 2 is 2.10 bits per heavy atom. The van der Waals surface area contributed by atoms with E-state index in [1.54, 1.807) is 4.90 Å². The number of likely N-dealkylation sites (tertiary alicyclic amines) is 1. The fourth-order valence-corrected chi connectivity index (χ4v) is 3.90. The maximum Gasteiger partial charge on any atom is 0.262 e. The standard InChI is InChI=1S/C14H17ClFNO3S/c1-3-11-6-4-9(2)17(11)14(18)12-8-10(16)5-7-13(12)21(15,19)20/h5,7-9,11H,3-4,6H2,1-2H3. The van der Waals surface area contributed by atoms with Crippen LogP contribution in [0, 0.1) is 5.82 Å². The summed E-state index contributed by atoms with van der Waals surface area (Å²) >= 11 is 0. The summed E-state index contributed by atoms with van der Waals surface area (Å²) in [7, 11) is 1.24. The van der Waals surface area contributed by atoms with Gasteiger partial charge in [0.25, 0.3) is 15.0 Å². The van der Waals surface area contributed by atoms with E-state index in [0.717, 1.165) is 37.5 Å². The number of nitrogens with zero attached hydrogens (tertiary/aromatic N) is 1. The van der Waals surface area contributed by atoms with Crippen LogP contribution >= 0.6 is 10.7 Å². The first-order chi connectivity index (χ1) is 9.75. The Bertz CT molecular complexity index is 662. The van der Waals surface area contributed by atoms with Gasteiger partial charge in [0, 0.05) is 22.8 Å². The highest BCUT2D eigenvalue weighted by molar-refractivity contribution is 8.13. The summed E-state index contributed by atoms with van der Waals surface area (Å²) < 4.78 is 36.6. The molecular weight excluding hydrogens is 317 g/mol. The van der Waals surface area contributed by atoms with Gasteiger partial charge in [-0.05, 0) is 44.4 Å². The monoisotopic (exact) mass is 333 g/mol. The summed E-state index contributed by atoms with van der Waals surface area (Å²) in [5.74, 6) is -1.15. The van der Waals surface area contributed by atoms with E-state index in [2.05, 4.69) is 0 Å². The van der Waals surface area contributed by atoms with Gasteiger partial charge in [-0.1, -0.05) is 6.92 Å². The Labute approximate surface area is 128 Å². The summed E-state index contributed by atoms with van der Waals surface area (Å²) in [6.07, 6.45) is 2.48. The smallest absolute Gasteiger partial charge is 0.262 e. The second-order valence-corrected chi connectivity index (χ2v) is 7.81. The van der Waals surface area contributed by atoms with Gasteiger partial charge in [0.05, 0.1) is 10.5 Å². The van der Waals surface area contributed by atoms with Crippen molar-refractivity contribution >= 4 is 25.6 Å². The third-order valence-corrected chi connectivity index (χ3v) is 5.31. The molecule has 0 saturated carbocycles. The third-order valence-electron chi connectivity index (χ3n) is 3.93. The van der Waals surface area contributed by atoms with Gasteiger partial charge in [-0.15, -0.1) is 0 Å². The van der Waals surface area contributed by atoms with Crippen LogP contribution in [0.4, 0.5) is 4.39 Å². The van der Waals surface area contributed by atoms with Crippen molar-refractivity contribution in [3.63, 3.8) is 0 Å². The molecule has 2 rings (SSSR count). The van der Waals surface area contributed by atoms with Gasteiger partial charge in [-0.2, -0.15) is 0 Å². The lowest BCUT2D eigenvalue weighted by atomic mass is 10.1. The van der Waals surface area contributed by atoms with E-state index in [0.29, 0.717) is 0 Å². The van der Waals surface area contributed by atoms with Gasteiger partial charge < -0.3 is 4.90 Å². The molecule has 7 heteroatoms. The second-order valence-electron chi connectivity index (χ2n) is 5.28. The van der Waals surface area contributed by atoms with E-state index < -0.39 is 20.8 Å². The van der Waals surface area contributed by atoms with Crippen LogP contribution in [0.25, 0.3) is 0 Å². The maximum absolute atomic E-state index is 13.5. The van der Waals surface area contributed by atoms with Gasteiger partial charge >= 0.3 is 0 Å². The first kappa shape index (κ1) is 16.2. The van der Waals surface area contributed by atoms with Gasteiger partial charge in [0.1, 0.15) is 5.82 Å². The molecule has 2 unspecified atom stereocenters. The summed E-state index contributed by atoms with van der Waals surface area (Å²) in [6, 6.07) is 3.00. The molecule has 0 spiro atoms. The van der Waals surface area contributed by atoms with Crippen LogP contribution in [0.1, 0.15) is 43.5 Å². The van der Waals surface area contributed by atoms with Crippen molar-refractivity contribution < 1.29 is 17.6 Å². The van der Waals surface area contributed by atoms with E-state index >= 15 is 0 Å². The van der Waals surface area contributed by atoms with E-state index in [1.165, 1.54) is 0 Å². The topological polar surface area (TPSA) is 54.5 Å². The molecule has 1 amide bonds. The molecule has 0 bridgehead atoms. The zero-order valence-electron chi connectivity index (χ0n) is 11.8. The highest BCUT2D eigenvalue weighted by Gasteiger charge is 2.35. The molecule has 1 saturated heterocycles. The molecule has 1 aliphatic rings. The van der Waals surface area contributed by atoms with Gasteiger partial charge in [-0.25, -0.2) is 12.8 Å². The maximum atomic E-state index is 13.5. The summed E-state index contributed by atoms with van der Waals surface area (Å²) in [5.41, 5.74) is -0.197. The van der Waals surface area contributed by atoms with Crippen molar-refractivity contribution in [3.05, 3.63) is 29.6 Å². The molecule has 1 aromatic carbocycles. The van der Waals surface area contributed by atoms with E-state index in [-0.39, 0.29) is 22.5 Å². The average molecular weight is 334 g/mol. The zero-order valence-corrected chi connectivity index (χ0v) is 13.4. The van der Waals surface area contributed by atoms with E-state index in [1.807, 2.05) is 13.8 Å². The van der Waals surface area contributed by atoms with E-state index in [4.69, 9.17) is 10.7 Å². The van der Waals surface area contributed by atoms with Crippen molar-refractivity contribution in [2.45, 2.75) is 50.1 Å². The fraction of sp³-hybridized carbons (Fsp3) is 0.500. The molecule has 0 aliphatic carbocycles. The third kappa shape index (κ3) is 3.21. The number of rotatable bonds is 3. The molecule has 1 heterocycles. The Morgan fingerprint density at radius 1 is 1.43 bits per heavy atom. The molecular formula is C14H17ClFNO3S. The number of benzene rings is 1. The molecule has 0 aromatic heterocycles. The largest absolute Gasteiger partial charge is 0.333 e. The quantitative estimate of drug-likeness (QED) is 0.798. The van der Waals surface area contributed by atoms with Crippen molar-refractivity contribution in [1.29, 1.82) is 0 Å². The highest BCUT2D eigenvalue weighted by atomic mass is 35.7. The second kappa shape index (κ2) is 5.93. The lowest BCUT2D eigenvalue weighted by Crippen LogP contribution is -2.40. The van der Waals surface area contributed by atoms with Crippen LogP contribution < -0.4 is 0 Å². The minimum absolute atomic E-state index is 0.00315. The Hall–Kier alpha value is -1.14. The van der Waals surface area contributed by atoms with Crippen LogP contribution in [0.2, 0.25) is 0 Å². The first-order valence-electron chi connectivity index (χ1n) is 6.82. The molecule has 2 atom stereocenters. The molecule has 4 nitrogen and oxygen atoms in total. The SMILES string of the molecule is CCC1CCC(C)N1C(=O)c1cc(F)ccc1S(=O)(=O)Cl. The lowest BCUT2D eigenvalue weighted by Gasteiger charge is -2.28. The van der Waals surface area contributed by atoms with Crippen molar-refractivity contribution in [3.8, 4) is 0 Å². The van der Waals surface area contributed by atoms with Gasteiger partial charge in [0.2, 0.25) is 0 Å². The predicted molar refractivity (Wildman–Crippen MR) is 78.4 cm³/mol. The van der Waals surface area contributed by atoms with Gasteiger partial charge in [0.15, 0.2) is 0 Å². The van der Waals surface area contributed by atoms with Crippen LogP contribution in [-0.4, -0.2) is 31.3 Å². The molecule has 1 aliphatic heterocycles. The van der Waals surface area contributed by atoms with Crippen molar-refractivity contribution in [2.24, 2.45) is 0 Å². The van der Waals surface area contributed by atoms with Crippen molar-refractivity contribution in [1.82, 2.24) is 4.90 Å². The van der Waals surface area contributed by atoms with Crippen LogP contribution in [0.15, 0.2) is 23.1 Å². The summed E-state index contributed by atoms with van der Waals surface area (Å²) in [5, 5.41) is 0. The molecule has 1 aromatic rings. The summed E-state index contributed by atoms with van der Waals surface area (Å²) in [4.78, 5) is 14.0. The summed E-state index contributed by atoms with van der Waals surface area (Å²) in [6.45, 7) is 3.87. The molecule has 1 fully saturated rings. The minimum Gasteiger partial charge on any atom is -0.333 e. The Morgan fingerprint density at radius 3 is 2.67 bits per heavy atom. The van der Waals surface area contributed by atoms with Crippen LogP contribution in [-0.2, 0) is 9.05 Å². The van der Waals surface area contributed by atoms with Crippen molar-refractivity contribution in [2.75, 3.05) is 0 Å². The van der Waals surface area contributed by atoms with Crippen LogP contribution in [0.3, 0.4) is 0 Å². The molecule has 21 heavy (non-hydrogen) atoms. The zero-order chi connectivity index (χ0) is 15.8. The number of hydrogen-bond donors (Lipinski definition) is 0. The first-order valence-corrected chi connectivity index (χ1v) is 9.13. The number of carbonyl (C=O) groups excluding carboxylic acids is 1. The number of halogens is 2. The average Bonchev–Trinajstić information content (AvgIpc) is 2.77. The van der Waals surface area contributed by atoms with Crippen LogP contribution in [0.5, 0.6) is 0 Å². The highest BCUT2D eigenvalue weighted by Crippen LogP contribution is 2.30. The lowest BCUT2D eigenvalue weighted by molar-refractivity contribution is 0.0672. The molecule has 0 radical (unpaired) electrons. The predicted octanol–water partition coefficient (Wildman–Crippen LogP) is 3.16. The fourth-order valence-electron chi connectivity index (χ4n) is 2.86. The Kier molecular flexibility index (Phi) is 4.58. The number of carbonyl (C=O) groups is 1. The Balaban J connectivity index is 2.50. The normalized spacial score (nSPS) is 22.6.